The Balaban J connectivity index is 1.87. The summed E-state index contributed by atoms with van der Waals surface area (Å²) in [6.07, 6.45) is -0.158. The van der Waals surface area contributed by atoms with Gasteiger partial charge in [-0.1, -0.05) is 0 Å². The molecule has 30 heavy (non-hydrogen) atoms. The van der Waals surface area contributed by atoms with Crippen molar-refractivity contribution in [1.29, 1.82) is 0 Å². The fourth-order valence-electron chi connectivity index (χ4n) is 2.52. The molecule has 11 heteroatoms. The molecule has 8 nitrogen and oxygen atoms in total. The van der Waals surface area contributed by atoms with Gasteiger partial charge in [0.25, 0.3) is 6.43 Å². The summed E-state index contributed by atoms with van der Waals surface area (Å²) < 4.78 is 36.5. The van der Waals surface area contributed by atoms with Gasteiger partial charge in [-0.2, -0.15) is 9.36 Å². The van der Waals surface area contributed by atoms with Gasteiger partial charge in [0, 0.05) is 31.7 Å². The van der Waals surface area contributed by atoms with E-state index in [0.29, 0.717) is 16.6 Å². The predicted molar refractivity (Wildman–Crippen MR) is 110 cm³/mol. The van der Waals surface area contributed by atoms with Crippen LogP contribution in [0.2, 0.25) is 0 Å². The summed E-state index contributed by atoms with van der Waals surface area (Å²) in [5.74, 6) is 0.483. The molecule has 0 bridgehead atoms. The molecule has 3 aromatic rings. The number of amides is 1. The SMILES string of the molecule is CC(=O)N(C)c1cccnc1Nc1nc(-c2cc(C(F)F)c(OC(C)C)cn2)ns1. The first-order chi connectivity index (χ1) is 14.3. The number of anilines is 3. The van der Waals surface area contributed by atoms with Gasteiger partial charge in [0.1, 0.15) is 11.4 Å². The summed E-state index contributed by atoms with van der Waals surface area (Å²) in [6, 6.07) is 4.68. The lowest BCUT2D eigenvalue weighted by Gasteiger charge is -2.17. The minimum Gasteiger partial charge on any atom is -0.489 e. The van der Waals surface area contributed by atoms with Gasteiger partial charge in [-0.05, 0) is 32.0 Å². The maximum Gasteiger partial charge on any atom is 0.267 e. The molecular weight excluding hydrogens is 414 g/mol. The van der Waals surface area contributed by atoms with E-state index in [1.807, 2.05) is 0 Å². The van der Waals surface area contributed by atoms with Gasteiger partial charge >= 0.3 is 0 Å². The average Bonchev–Trinajstić information content (AvgIpc) is 3.16. The van der Waals surface area contributed by atoms with Crippen LogP contribution in [0.15, 0.2) is 30.6 Å². The summed E-state index contributed by atoms with van der Waals surface area (Å²) in [5, 5.41) is 3.39. The molecule has 3 rings (SSSR count). The van der Waals surface area contributed by atoms with E-state index in [1.165, 1.54) is 24.1 Å². The Labute approximate surface area is 176 Å². The molecule has 3 heterocycles. The number of alkyl halides is 2. The van der Waals surface area contributed by atoms with E-state index < -0.39 is 6.43 Å². The molecule has 158 valence electrons. The minimum absolute atomic E-state index is 0.0303. The first-order valence-electron chi connectivity index (χ1n) is 9.01. The standard InChI is InChI=1S/C19H20F2N6O2S/c1-10(2)29-15-9-23-13(8-12(15)16(20)21)17-24-19(30-26-17)25-18-14(6-5-7-22-18)27(4)11(3)28/h5-10,16H,1-4H3,(H,22,24,25,26). The third-order valence-electron chi connectivity index (χ3n) is 4.00. The zero-order valence-electron chi connectivity index (χ0n) is 16.8. The molecule has 0 aromatic carbocycles. The van der Waals surface area contributed by atoms with Crippen molar-refractivity contribution in [1.82, 2.24) is 19.3 Å². The molecule has 1 amide bonds. The molecule has 0 atom stereocenters. The van der Waals surface area contributed by atoms with Crippen molar-refractivity contribution in [2.45, 2.75) is 33.3 Å². The van der Waals surface area contributed by atoms with Crippen LogP contribution >= 0.6 is 11.5 Å². The number of aromatic nitrogens is 4. The summed E-state index contributed by atoms with van der Waals surface area (Å²) in [4.78, 5) is 25.8. The van der Waals surface area contributed by atoms with Crippen molar-refractivity contribution < 1.29 is 18.3 Å². The summed E-state index contributed by atoms with van der Waals surface area (Å²) >= 11 is 1.02. The number of carbonyl (C=O) groups is 1. The van der Waals surface area contributed by atoms with Crippen LogP contribution in [0.3, 0.4) is 0 Å². The number of rotatable bonds is 7. The van der Waals surface area contributed by atoms with Crippen LogP contribution in [-0.2, 0) is 4.79 Å². The quantitative estimate of drug-likeness (QED) is 0.587. The van der Waals surface area contributed by atoms with Gasteiger partial charge in [0.15, 0.2) is 11.6 Å². The van der Waals surface area contributed by atoms with Crippen LogP contribution in [0.5, 0.6) is 5.75 Å². The van der Waals surface area contributed by atoms with Gasteiger partial charge in [0.05, 0.1) is 23.6 Å². The molecule has 1 N–H and O–H groups in total. The molecule has 0 unspecified atom stereocenters. The third kappa shape index (κ3) is 4.85. The van der Waals surface area contributed by atoms with Crippen molar-refractivity contribution in [3.05, 3.63) is 36.2 Å². The second-order valence-electron chi connectivity index (χ2n) is 6.57. The Morgan fingerprint density at radius 3 is 2.73 bits per heavy atom. The molecule has 3 aromatic heterocycles. The van der Waals surface area contributed by atoms with Crippen LogP contribution in [0, 0.1) is 0 Å². The van der Waals surface area contributed by atoms with Crippen molar-refractivity contribution in [3.8, 4) is 17.3 Å². The highest BCUT2D eigenvalue weighted by Gasteiger charge is 2.20. The molecule has 0 aliphatic heterocycles. The Kier molecular flexibility index (Phi) is 6.50. The summed E-state index contributed by atoms with van der Waals surface area (Å²) in [6.45, 7) is 4.94. The van der Waals surface area contributed by atoms with Gasteiger partial charge in [-0.25, -0.2) is 18.7 Å². The number of pyridine rings is 2. The second kappa shape index (κ2) is 9.08. The average molecular weight is 434 g/mol. The zero-order chi connectivity index (χ0) is 21.8. The molecule has 0 spiro atoms. The Morgan fingerprint density at radius 1 is 1.30 bits per heavy atom. The highest BCUT2D eigenvalue weighted by atomic mass is 32.1. The van der Waals surface area contributed by atoms with Crippen molar-refractivity contribution in [3.63, 3.8) is 0 Å². The lowest BCUT2D eigenvalue weighted by molar-refractivity contribution is -0.116. The van der Waals surface area contributed by atoms with Crippen LogP contribution in [0.4, 0.5) is 25.4 Å². The monoisotopic (exact) mass is 434 g/mol. The van der Waals surface area contributed by atoms with Gasteiger partial charge in [-0.15, -0.1) is 0 Å². The van der Waals surface area contributed by atoms with Gasteiger partial charge < -0.3 is 15.0 Å². The maximum atomic E-state index is 13.5. The highest BCUT2D eigenvalue weighted by molar-refractivity contribution is 7.09. The van der Waals surface area contributed by atoms with Gasteiger partial charge in [-0.3, -0.25) is 4.79 Å². The molecule has 0 aliphatic rings. The van der Waals surface area contributed by atoms with Crippen molar-refractivity contribution in [2.24, 2.45) is 0 Å². The smallest absolute Gasteiger partial charge is 0.267 e. The first-order valence-corrected chi connectivity index (χ1v) is 9.78. The fraction of sp³-hybridized carbons (Fsp3) is 0.316. The largest absolute Gasteiger partial charge is 0.489 e. The zero-order valence-corrected chi connectivity index (χ0v) is 17.6. The second-order valence-corrected chi connectivity index (χ2v) is 7.32. The number of halogens is 2. The summed E-state index contributed by atoms with van der Waals surface area (Å²) in [7, 11) is 1.63. The first kappa shape index (κ1) is 21.5. The van der Waals surface area contributed by atoms with Crippen LogP contribution in [0.25, 0.3) is 11.5 Å². The topological polar surface area (TPSA) is 93.1 Å². The van der Waals surface area contributed by atoms with Crippen molar-refractivity contribution in [2.75, 3.05) is 17.3 Å². The van der Waals surface area contributed by atoms with Crippen molar-refractivity contribution >= 4 is 34.1 Å². The number of nitrogens with one attached hydrogen (secondary N) is 1. The van der Waals surface area contributed by atoms with E-state index >= 15 is 0 Å². The predicted octanol–water partition coefficient (Wildman–Crippen LogP) is 4.45. The van der Waals surface area contributed by atoms with Crippen LogP contribution in [-0.4, -0.2) is 38.4 Å². The Hall–Kier alpha value is -3.21. The Bertz CT molecular complexity index is 1040. The molecule has 0 saturated carbocycles. The van der Waals surface area contributed by atoms with E-state index in [4.69, 9.17) is 4.74 Å². The molecule has 0 fully saturated rings. The minimum atomic E-state index is -2.73. The lowest BCUT2D eigenvalue weighted by atomic mass is 10.2. The number of nitrogens with zero attached hydrogens (tertiary/aromatic N) is 5. The van der Waals surface area contributed by atoms with Crippen LogP contribution < -0.4 is 15.0 Å². The Morgan fingerprint density at radius 2 is 2.07 bits per heavy atom. The normalized spacial score (nSPS) is 11.1. The molecule has 0 saturated heterocycles. The van der Waals surface area contributed by atoms with E-state index in [0.717, 1.165) is 11.5 Å². The van der Waals surface area contributed by atoms with Gasteiger partial charge in [0.2, 0.25) is 11.0 Å². The highest BCUT2D eigenvalue weighted by Crippen LogP contribution is 2.33. The number of ether oxygens (including phenoxy) is 1. The lowest BCUT2D eigenvalue weighted by Crippen LogP contribution is -2.23. The number of hydrogen-bond donors (Lipinski definition) is 1. The van der Waals surface area contributed by atoms with E-state index in [-0.39, 0.29) is 34.8 Å². The summed E-state index contributed by atoms with van der Waals surface area (Å²) in [5.41, 5.74) is 0.496. The maximum absolute atomic E-state index is 13.5. The van der Waals surface area contributed by atoms with E-state index in [2.05, 4.69) is 24.6 Å². The fourth-order valence-corrected chi connectivity index (χ4v) is 3.09. The van der Waals surface area contributed by atoms with E-state index in [9.17, 15) is 13.6 Å². The molecule has 0 aliphatic carbocycles. The molecule has 0 radical (unpaired) electrons. The van der Waals surface area contributed by atoms with Crippen LogP contribution in [0.1, 0.15) is 32.8 Å². The number of carbonyl (C=O) groups excluding carboxylic acids is 1. The van der Waals surface area contributed by atoms with E-state index in [1.54, 1.807) is 39.2 Å². The molecular formula is C19H20F2N6O2S. The third-order valence-corrected chi connectivity index (χ3v) is 4.63. The number of hydrogen-bond acceptors (Lipinski definition) is 8.